The van der Waals surface area contributed by atoms with Gasteiger partial charge in [0.05, 0.1) is 12.2 Å². The first-order chi connectivity index (χ1) is 11.7. The summed E-state index contributed by atoms with van der Waals surface area (Å²) in [6.07, 6.45) is 1.79. The number of anilines is 1. The highest BCUT2D eigenvalue weighted by molar-refractivity contribution is 5.43. The van der Waals surface area contributed by atoms with Gasteiger partial charge >= 0.3 is 0 Å². The average Bonchev–Trinajstić information content (AvgIpc) is 2.62. The maximum atomic E-state index is 9.12. The molecule has 0 aliphatic carbocycles. The van der Waals surface area contributed by atoms with E-state index in [4.69, 9.17) is 5.26 Å². The minimum atomic E-state index is 0.419. The van der Waals surface area contributed by atoms with Crippen LogP contribution < -0.4 is 4.90 Å². The van der Waals surface area contributed by atoms with Crippen LogP contribution in [0.5, 0.6) is 0 Å². The zero-order valence-electron chi connectivity index (χ0n) is 13.6. The molecule has 0 aliphatic heterocycles. The van der Waals surface area contributed by atoms with Crippen LogP contribution in [0, 0.1) is 18.3 Å². The van der Waals surface area contributed by atoms with Crippen LogP contribution in [0.4, 0.5) is 5.82 Å². The molecule has 0 saturated carbocycles. The first-order valence-corrected chi connectivity index (χ1v) is 7.82. The Balaban J connectivity index is 1.92. The van der Waals surface area contributed by atoms with Crippen molar-refractivity contribution in [2.75, 3.05) is 4.90 Å². The molecule has 3 rings (SSSR count). The van der Waals surface area contributed by atoms with E-state index in [1.54, 1.807) is 12.3 Å². The molecule has 0 unspecified atom stereocenters. The van der Waals surface area contributed by atoms with E-state index in [9.17, 15) is 0 Å². The van der Waals surface area contributed by atoms with Gasteiger partial charge in [-0.05, 0) is 36.8 Å². The zero-order chi connectivity index (χ0) is 16.8. The fourth-order valence-electron chi connectivity index (χ4n) is 2.60. The van der Waals surface area contributed by atoms with Crippen molar-refractivity contribution >= 4 is 5.82 Å². The molecule has 1 aromatic carbocycles. The molecular formula is C20H18N4. The molecule has 24 heavy (non-hydrogen) atoms. The van der Waals surface area contributed by atoms with Gasteiger partial charge in [-0.25, -0.2) is 4.98 Å². The summed E-state index contributed by atoms with van der Waals surface area (Å²) in [6, 6.07) is 21.9. The van der Waals surface area contributed by atoms with Crippen molar-refractivity contribution in [2.45, 2.75) is 20.0 Å². The molecule has 0 radical (unpaired) electrons. The first-order valence-electron chi connectivity index (χ1n) is 7.82. The highest BCUT2D eigenvalue weighted by Gasteiger charge is 2.11. The van der Waals surface area contributed by atoms with Gasteiger partial charge in [-0.2, -0.15) is 5.26 Å². The van der Waals surface area contributed by atoms with Crippen LogP contribution in [0.25, 0.3) is 0 Å². The highest BCUT2D eigenvalue weighted by Crippen LogP contribution is 2.18. The van der Waals surface area contributed by atoms with Crippen LogP contribution in [0.3, 0.4) is 0 Å². The van der Waals surface area contributed by atoms with Crippen molar-refractivity contribution < 1.29 is 0 Å². The maximum absolute atomic E-state index is 9.12. The van der Waals surface area contributed by atoms with E-state index in [1.807, 2.05) is 30.3 Å². The molecule has 0 spiro atoms. The Morgan fingerprint density at radius 2 is 1.88 bits per heavy atom. The molecule has 3 aromatic rings. The van der Waals surface area contributed by atoms with Gasteiger partial charge in [-0.15, -0.1) is 0 Å². The van der Waals surface area contributed by atoms with E-state index in [2.05, 4.69) is 52.1 Å². The van der Waals surface area contributed by atoms with Crippen molar-refractivity contribution in [2.24, 2.45) is 0 Å². The lowest BCUT2D eigenvalue weighted by atomic mass is 10.1. The fraction of sp³-hybridized carbons (Fsp3) is 0.150. The number of benzene rings is 1. The summed E-state index contributed by atoms with van der Waals surface area (Å²) >= 11 is 0. The molecule has 0 fully saturated rings. The quantitative estimate of drug-likeness (QED) is 0.717. The van der Waals surface area contributed by atoms with Crippen molar-refractivity contribution in [3.63, 3.8) is 0 Å². The lowest BCUT2D eigenvalue weighted by Crippen LogP contribution is -2.24. The molecule has 2 heterocycles. The average molecular weight is 314 g/mol. The van der Waals surface area contributed by atoms with Crippen LogP contribution in [0.2, 0.25) is 0 Å². The van der Waals surface area contributed by atoms with Crippen molar-refractivity contribution in [3.05, 3.63) is 89.4 Å². The Morgan fingerprint density at radius 3 is 2.62 bits per heavy atom. The lowest BCUT2D eigenvalue weighted by molar-refractivity contribution is 0.765. The second kappa shape index (κ2) is 7.38. The molecule has 118 valence electrons. The van der Waals surface area contributed by atoms with Gasteiger partial charge in [0.15, 0.2) is 0 Å². The first kappa shape index (κ1) is 15.7. The van der Waals surface area contributed by atoms with Crippen molar-refractivity contribution in [3.8, 4) is 6.07 Å². The van der Waals surface area contributed by atoms with Crippen molar-refractivity contribution in [1.29, 1.82) is 5.26 Å². The Kier molecular flexibility index (Phi) is 4.83. The van der Waals surface area contributed by atoms with Crippen molar-refractivity contribution in [1.82, 2.24) is 9.97 Å². The van der Waals surface area contributed by atoms with E-state index in [0.717, 1.165) is 11.5 Å². The Hall–Kier alpha value is -3.19. The van der Waals surface area contributed by atoms with Gasteiger partial charge in [0.1, 0.15) is 17.6 Å². The highest BCUT2D eigenvalue weighted by atomic mass is 15.2. The monoisotopic (exact) mass is 314 g/mol. The predicted octanol–water partition coefficient (Wildman–Crippen LogP) is 3.86. The summed E-state index contributed by atoms with van der Waals surface area (Å²) in [5, 5.41) is 9.12. The van der Waals surface area contributed by atoms with Gasteiger partial charge in [-0.1, -0.05) is 42.0 Å². The van der Waals surface area contributed by atoms with Crippen LogP contribution in [-0.2, 0) is 13.1 Å². The number of rotatable bonds is 5. The third-order valence-corrected chi connectivity index (χ3v) is 3.71. The molecule has 2 aromatic heterocycles. The molecular weight excluding hydrogens is 296 g/mol. The second-order valence-electron chi connectivity index (χ2n) is 5.66. The maximum Gasteiger partial charge on any atom is 0.142 e. The van der Waals surface area contributed by atoms with E-state index in [0.29, 0.717) is 18.8 Å². The third-order valence-electron chi connectivity index (χ3n) is 3.71. The summed E-state index contributed by atoms with van der Waals surface area (Å²) in [5.74, 6) is 0.779. The SMILES string of the molecule is Cc1cccc(CN(Cc2ccccn2)c2cccc(C#N)n2)c1. The second-order valence-corrected chi connectivity index (χ2v) is 5.66. The number of aromatic nitrogens is 2. The van der Waals surface area contributed by atoms with Crippen LogP contribution in [0.1, 0.15) is 22.5 Å². The predicted molar refractivity (Wildman–Crippen MR) is 94.3 cm³/mol. The fourth-order valence-corrected chi connectivity index (χ4v) is 2.60. The molecule has 0 N–H and O–H groups in total. The molecule has 0 atom stereocenters. The number of nitrogens with zero attached hydrogens (tertiary/aromatic N) is 4. The molecule has 0 saturated heterocycles. The number of nitriles is 1. The molecule has 4 nitrogen and oxygen atoms in total. The Morgan fingerprint density at radius 1 is 1.00 bits per heavy atom. The molecule has 4 heteroatoms. The van der Waals surface area contributed by atoms with Gasteiger partial charge in [0, 0.05) is 12.7 Å². The summed E-state index contributed by atoms with van der Waals surface area (Å²) < 4.78 is 0. The summed E-state index contributed by atoms with van der Waals surface area (Å²) in [6.45, 7) is 3.43. The van der Waals surface area contributed by atoms with Crippen LogP contribution >= 0.6 is 0 Å². The molecule has 0 aliphatic rings. The van der Waals surface area contributed by atoms with E-state index < -0.39 is 0 Å². The Labute approximate surface area is 142 Å². The molecule has 0 bridgehead atoms. The Bertz CT molecular complexity index is 853. The third kappa shape index (κ3) is 3.96. The largest absolute Gasteiger partial charge is 0.346 e. The van der Waals surface area contributed by atoms with E-state index in [-0.39, 0.29) is 0 Å². The standard InChI is InChI=1S/C20H18N4/c1-16-6-4-7-17(12-16)14-24(15-19-8-2-3-11-22-19)20-10-5-9-18(13-21)23-20/h2-12H,14-15H2,1H3. The van der Waals surface area contributed by atoms with E-state index in [1.165, 1.54) is 11.1 Å². The minimum Gasteiger partial charge on any atom is -0.346 e. The van der Waals surface area contributed by atoms with E-state index >= 15 is 0 Å². The summed E-state index contributed by atoms with van der Waals surface area (Å²) in [4.78, 5) is 11.0. The number of pyridine rings is 2. The smallest absolute Gasteiger partial charge is 0.142 e. The van der Waals surface area contributed by atoms with Gasteiger partial charge in [0.25, 0.3) is 0 Å². The topological polar surface area (TPSA) is 52.8 Å². The molecule has 0 amide bonds. The summed E-state index contributed by atoms with van der Waals surface area (Å²) in [5.41, 5.74) is 3.82. The summed E-state index contributed by atoms with van der Waals surface area (Å²) in [7, 11) is 0. The van der Waals surface area contributed by atoms with Crippen LogP contribution in [0.15, 0.2) is 66.9 Å². The minimum absolute atomic E-state index is 0.419. The van der Waals surface area contributed by atoms with Gasteiger partial charge in [-0.3, -0.25) is 4.98 Å². The lowest BCUT2D eigenvalue weighted by Gasteiger charge is -2.24. The number of aryl methyl sites for hydroxylation is 1. The number of hydrogen-bond donors (Lipinski definition) is 0. The van der Waals surface area contributed by atoms with Gasteiger partial charge in [0.2, 0.25) is 0 Å². The normalized spacial score (nSPS) is 10.2. The number of hydrogen-bond acceptors (Lipinski definition) is 4. The van der Waals surface area contributed by atoms with Crippen LogP contribution in [-0.4, -0.2) is 9.97 Å². The van der Waals surface area contributed by atoms with Gasteiger partial charge < -0.3 is 4.90 Å². The zero-order valence-corrected chi connectivity index (χ0v) is 13.6.